The summed E-state index contributed by atoms with van der Waals surface area (Å²) in [7, 11) is 2.12. The van der Waals surface area contributed by atoms with Crippen molar-refractivity contribution in [3.05, 3.63) is 21.9 Å². The molecule has 3 heterocycles. The third-order valence-corrected chi connectivity index (χ3v) is 6.02. The van der Waals surface area contributed by atoms with Crippen molar-refractivity contribution in [2.45, 2.75) is 70.1 Å². The van der Waals surface area contributed by atoms with Gasteiger partial charge in [-0.1, -0.05) is 0 Å². The minimum Gasteiger partial charge on any atom is -0.317 e. The minimum absolute atomic E-state index is 0.702. The standard InChI is InChI=1S/C16H26N2S/c1-11(8-16-7-4-12(2)19-16)18-14-5-6-15(18)10-13(9-14)17-3/h4,7,11,13-15,17H,5-6,8-10H2,1-3H3. The fraction of sp³-hybridized carbons (Fsp3) is 0.750. The van der Waals surface area contributed by atoms with Crippen LogP contribution in [-0.2, 0) is 6.42 Å². The van der Waals surface area contributed by atoms with Crippen molar-refractivity contribution in [1.29, 1.82) is 0 Å². The van der Waals surface area contributed by atoms with E-state index in [1.807, 2.05) is 11.3 Å². The summed E-state index contributed by atoms with van der Waals surface area (Å²) in [6, 6.07) is 7.69. The number of hydrogen-bond acceptors (Lipinski definition) is 3. The predicted molar refractivity (Wildman–Crippen MR) is 83.0 cm³/mol. The van der Waals surface area contributed by atoms with Crippen LogP contribution in [0.4, 0.5) is 0 Å². The quantitative estimate of drug-likeness (QED) is 0.910. The van der Waals surface area contributed by atoms with E-state index >= 15 is 0 Å². The maximum atomic E-state index is 3.49. The van der Waals surface area contributed by atoms with Gasteiger partial charge in [0.15, 0.2) is 0 Å². The summed E-state index contributed by atoms with van der Waals surface area (Å²) in [5, 5.41) is 3.49. The molecule has 1 N–H and O–H groups in total. The molecule has 106 valence electrons. The van der Waals surface area contributed by atoms with Crippen molar-refractivity contribution in [3.8, 4) is 0 Å². The van der Waals surface area contributed by atoms with Gasteiger partial charge in [0.1, 0.15) is 0 Å². The van der Waals surface area contributed by atoms with E-state index in [1.165, 1.54) is 37.0 Å². The van der Waals surface area contributed by atoms with Crippen molar-refractivity contribution in [2.24, 2.45) is 0 Å². The Balaban J connectivity index is 1.66. The van der Waals surface area contributed by atoms with E-state index in [9.17, 15) is 0 Å². The predicted octanol–water partition coefficient (Wildman–Crippen LogP) is 3.20. The maximum absolute atomic E-state index is 3.49. The van der Waals surface area contributed by atoms with Gasteiger partial charge in [0, 0.05) is 33.9 Å². The first kappa shape index (κ1) is 13.6. The number of fused-ring (bicyclic) bond motifs is 2. The molecule has 2 saturated heterocycles. The molecule has 1 aromatic heterocycles. The topological polar surface area (TPSA) is 15.3 Å². The molecule has 2 aliphatic heterocycles. The maximum Gasteiger partial charge on any atom is 0.0121 e. The van der Waals surface area contributed by atoms with E-state index in [1.54, 1.807) is 4.88 Å². The van der Waals surface area contributed by atoms with E-state index in [4.69, 9.17) is 0 Å². The molecule has 3 rings (SSSR count). The highest BCUT2D eigenvalue weighted by atomic mass is 32.1. The molecule has 2 fully saturated rings. The molecule has 19 heavy (non-hydrogen) atoms. The number of nitrogens with zero attached hydrogens (tertiary/aromatic N) is 1. The number of aryl methyl sites for hydroxylation is 1. The number of nitrogens with one attached hydrogen (secondary N) is 1. The zero-order valence-corrected chi connectivity index (χ0v) is 13.2. The minimum atomic E-state index is 0.702. The van der Waals surface area contributed by atoms with Crippen LogP contribution in [0.15, 0.2) is 12.1 Å². The van der Waals surface area contributed by atoms with Gasteiger partial charge in [-0.3, -0.25) is 4.90 Å². The third kappa shape index (κ3) is 2.74. The summed E-state index contributed by atoms with van der Waals surface area (Å²) >= 11 is 1.97. The highest BCUT2D eigenvalue weighted by Gasteiger charge is 2.42. The van der Waals surface area contributed by atoms with Gasteiger partial charge < -0.3 is 5.32 Å². The zero-order chi connectivity index (χ0) is 13.4. The van der Waals surface area contributed by atoms with Gasteiger partial charge in [-0.05, 0) is 65.1 Å². The molecule has 2 bridgehead atoms. The number of rotatable bonds is 4. The molecule has 0 radical (unpaired) electrons. The second kappa shape index (κ2) is 5.55. The van der Waals surface area contributed by atoms with Crippen molar-refractivity contribution in [2.75, 3.05) is 7.05 Å². The Morgan fingerprint density at radius 3 is 2.53 bits per heavy atom. The molecule has 0 amide bonds. The van der Waals surface area contributed by atoms with E-state index in [0.717, 1.165) is 18.1 Å². The van der Waals surface area contributed by atoms with Gasteiger partial charge in [0.2, 0.25) is 0 Å². The Morgan fingerprint density at radius 2 is 2.00 bits per heavy atom. The number of hydrogen-bond donors (Lipinski definition) is 1. The van der Waals surface area contributed by atoms with E-state index in [0.29, 0.717) is 6.04 Å². The van der Waals surface area contributed by atoms with Gasteiger partial charge in [-0.15, -0.1) is 11.3 Å². The van der Waals surface area contributed by atoms with Gasteiger partial charge >= 0.3 is 0 Å². The van der Waals surface area contributed by atoms with Crippen molar-refractivity contribution >= 4 is 11.3 Å². The Labute approximate surface area is 121 Å². The SMILES string of the molecule is CNC1CC2CCC(C1)N2C(C)Cc1ccc(C)s1. The van der Waals surface area contributed by atoms with Crippen LogP contribution >= 0.6 is 11.3 Å². The first-order valence-corrected chi connectivity index (χ1v) is 8.49. The van der Waals surface area contributed by atoms with Gasteiger partial charge in [-0.25, -0.2) is 0 Å². The summed E-state index contributed by atoms with van der Waals surface area (Å²) in [6.45, 7) is 4.64. The molecule has 3 heteroatoms. The van der Waals surface area contributed by atoms with Crippen molar-refractivity contribution in [1.82, 2.24) is 10.2 Å². The first-order chi connectivity index (χ1) is 9.17. The van der Waals surface area contributed by atoms with Crippen LogP contribution in [0.5, 0.6) is 0 Å². The number of thiophene rings is 1. The summed E-state index contributed by atoms with van der Waals surface area (Å²) < 4.78 is 0. The lowest BCUT2D eigenvalue weighted by atomic mass is 9.95. The molecule has 0 spiro atoms. The summed E-state index contributed by atoms with van der Waals surface area (Å²) in [4.78, 5) is 5.84. The van der Waals surface area contributed by atoms with Crippen molar-refractivity contribution in [3.63, 3.8) is 0 Å². The molecular formula is C16H26N2S. The second-order valence-corrected chi connectivity index (χ2v) is 7.73. The molecule has 0 aromatic carbocycles. The summed E-state index contributed by atoms with van der Waals surface area (Å²) in [5.74, 6) is 0. The van der Waals surface area contributed by atoms with E-state index in [-0.39, 0.29) is 0 Å². The van der Waals surface area contributed by atoms with Gasteiger partial charge in [0.25, 0.3) is 0 Å². The average Bonchev–Trinajstić information content (AvgIpc) is 2.91. The van der Waals surface area contributed by atoms with E-state index in [2.05, 4.69) is 43.2 Å². The van der Waals surface area contributed by atoms with Crippen LogP contribution in [0.2, 0.25) is 0 Å². The molecule has 3 unspecified atom stereocenters. The molecule has 0 saturated carbocycles. The van der Waals surface area contributed by atoms with Crippen LogP contribution in [-0.4, -0.2) is 36.1 Å². The van der Waals surface area contributed by atoms with Gasteiger partial charge in [0.05, 0.1) is 0 Å². The fourth-order valence-corrected chi connectivity index (χ4v) is 5.17. The molecule has 3 atom stereocenters. The zero-order valence-electron chi connectivity index (χ0n) is 12.4. The lowest BCUT2D eigenvalue weighted by Crippen LogP contribution is -2.52. The Kier molecular flexibility index (Phi) is 3.97. The third-order valence-electron chi connectivity index (χ3n) is 5.00. The van der Waals surface area contributed by atoms with Crippen LogP contribution in [0, 0.1) is 6.92 Å². The van der Waals surface area contributed by atoms with Crippen molar-refractivity contribution < 1.29 is 0 Å². The van der Waals surface area contributed by atoms with Crippen LogP contribution in [0.25, 0.3) is 0 Å². The Morgan fingerprint density at radius 1 is 1.32 bits per heavy atom. The highest BCUT2D eigenvalue weighted by Crippen LogP contribution is 2.38. The molecular weight excluding hydrogens is 252 g/mol. The van der Waals surface area contributed by atoms with Crippen LogP contribution < -0.4 is 5.32 Å². The monoisotopic (exact) mass is 278 g/mol. The Hall–Kier alpha value is -0.380. The van der Waals surface area contributed by atoms with Gasteiger partial charge in [-0.2, -0.15) is 0 Å². The van der Waals surface area contributed by atoms with Crippen LogP contribution in [0.1, 0.15) is 42.4 Å². The average molecular weight is 278 g/mol. The summed E-state index contributed by atoms with van der Waals surface area (Å²) in [6.07, 6.45) is 6.75. The first-order valence-electron chi connectivity index (χ1n) is 7.67. The largest absolute Gasteiger partial charge is 0.317 e. The Bertz CT molecular complexity index is 414. The molecule has 2 nitrogen and oxygen atoms in total. The smallest absolute Gasteiger partial charge is 0.0121 e. The lowest BCUT2D eigenvalue weighted by Gasteiger charge is -2.42. The summed E-state index contributed by atoms with van der Waals surface area (Å²) in [5.41, 5.74) is 0. The molecule has 1 aromatic rings. The second-order valence-electron chi connectivity index (χ2n) is 6.35. The fourth-order valence-electron chi connectivity index (χ4n) is 4.16. The van der Waals surface area contributed by atoms with Crippen LogP contribution in [0.3, 0.4) is 0 Å². The molecule has 0 aliphatic carbocycles. The van der Waals surface area contributed by atoms with E-state index < -0.39 is 0 Å². The molecule has 2 aliphatic rings. The number of piperidine rings is 1. The lowest BCUT2D eigenvalue weighted by molar-refractivity contribution is 0.0794. The highest BCUT2D eigenvalue weighted by molar-refractivity contribution is 7.11. The normalized spacial score (nSPS) is 32.7.